The van der Waals surface area contributed by atoms with Crippen LogP contribution in [0, 0.1) is 24.0 Å². The second-order valence-corrected chi connectivity index (χ2v) is 5.18. The predicted molar refractivity (Wildman–Crippen MR) is 82.4 cm³/mol. The highest BCUT2D eigenvalue weighted by Crippen LogP contribution is 2.28. The highest BCUT2D eigenvalue weighted by atomic mass is 16.6. The monoisotopic (exact) mass is 288 g/mol. The number of hydrogen-bond donors (Lipinski definition) is 1. The standard InChI is InChI=1S/C15H20N4O2/c1-4-5-18-10-13(9-17-18)8-16-14-6-11(2)12(3)7-15(14)19(20)21/h6-7,9-10,16H,4-5,8H2,1-3H3. The molecule has 6 heteroatoms. The van der Waals surface area contributed by atoms with Crippen molar-refractivity contribution in [2.75, 3.05) is 5.32 Å². The van der Waals surface area contributed by atoms with Crippen LogP contribution in [0.15, 0.2) is 24.5 Å². The van der Waals surface area contributed by atoms with Crippen molar-refractivity contribution in [3.63, 3.8) is 0 Å². The lowest BCUT2D eigenvalue weighted by Gasteiger charge is -2.09. The predicted octanol–water partition coefficient (Wildman–Crippen LogP) is 3.43. The van der Waals surface area contributed by atoms with Crippen molar-refractivity contribution in [1.82, 2.24) is 9.78 Å². The minimum absolute atomic E-state index is 0.110. The molecule has 21 heavy (non-hydrogen) atoms. The lowest BCUT2D eigenvalue weighted by molar-refractivity contribution is -0.384. The number of nitrogens with one attached hydrogen (secondary N) is 1. The van der Waals surface area contributed by atoms with Gasteiger partial charge in [0.05, 0.1) is 11.1 Å². The van der Waals surface area contributed by atoms with Crippen LogP contribution in [-0.2, 0) is 13.1 Å². The lowest BCUT2D eigenvalue weighted by atomic mass is 10.1. The minimum Gasteiger partial charge on any atom is -0.375 e. The van der Waals surface area contributed by atoms with E-state index in [4.69, 9.17) is 0 Å². The number of nitrogens with zero attached hydrogens (tertiary/aromatic N) is 3. The Hall–Kier alpha value is -2.37. The molecule has 0 amide bonds. The molecule has 112 valence electrons. The zero-order valence-corrected chi connectivity index (χ0v) is 12.6. The number of rotatable bonds is 6. The first-order chi connectivity index (χ1) is 10.0. The molecule has 0 bridgehead atoms. The number of nitro groups is 1. The zero-order chi connectivity index (χ0) is 15.4. The van der Waals surface area contributed by atoms with Crippen LogP contribution in [0.5, 0.6) is 0 Å². The van der Waals surface area contributed by atoms with Gasteiger partial charge in [-0.3, -0.25) is 14.8 Å². The van der Waals surface area contributed by atoms with Gasteiger partial charge in [-0.05, 0) is 37.5 Å². The van der Waals surface area contributed by atoms with E-state index in [1.54, 1.807) is 12.3 Å². The maximum atomic E-state index is 11.1. The summed E-state index contributed by atoms with van der Waals surface area (Å²) in [5.41, 5.74) is 3.62. The van der Waals surface area contributed by atoms with Gasteiger partial charge in [0.15, 0.2) is 0 Å². The molecule has 2 rings (SSSR count). The molecule has 0 saturated carbocycles. The summed E-state index contributed by atoms with van der Waals surface area (Å²) >= 11 is 0. The Morgan fingerprint density at radius 3 is 2.71 bits per heavy atom. The van der Waals surface area contributed by atoms with Gasteiger partial charge in [-0.15, -0.1) is 0 Å². The average molecular weight is 288 g/mol. The Kier molecular flexibility index (Phi) is 4.57. The van der Waals surface area contributed by atoms with Crippen molar-refractivity contribution in [1.29, 1.82) is 0 Å². The van der Waals surface area contributed by atoms with Gasteiger partial charge in [-0.25, -0.2) is 0 Å². The molecule has 0 aliphatic heterocycles. The maximum absolute atomic E-state index is 11.1. The Morgan fingerprint density at radius 1 is 1.33 bits per heavy atom. The maximum Gasteiger partial charge on any atom is 0.292 e. The van der Waals surface area contributed by atoms with E-state index < -0.39 is 0 Å². The molecule has 1 aromatic heterocycles. The molecule has 0 aliphatic rings. The lowest BCUT2D eigenvalue weighted by Crippen LogP contribution is -2.03. The molecule has 1 N–H and O–H groups in total. The Balaban J connectivity index is 2.15. The van der Waals surface area contributed by atoms with Crippen LogP contribution < -0.4 is 5.32 Å². The van der Waals surface area contributed by atoms with Crippen molar-refractivity contribution in [2.24, 2.45) is 0 Å². The fraction of sp³-hybridized carbons (Fsp3) is 0.400. The van der Waals surface area contributed by atoms with Gasteiger partial charge in [0.2, 0.25) is 0 Å². The molecule has 0 atom stereocenters. The third-order valence-electron chi connectivity index (χ3n) is 3.43. The number of anilines is 1. The van der Waals surface area contributed by atoms with E-state index in [2.05, 4.69) is 17.3 Å². The molecule has 0 fully saturated rings. The van der Waals surface area contributed by atoms with Crippen LogP contribution in [0.2, 0.25) is 0 Å². The molecular formula is C15H20N4O2. The van der Waals surface area contributed by atoms with Crippen molar-refractivity contribution < 1.29 is 4.92 Å². The van der Waals surface area contributed by atoms with Gasteiger partial charge in [-0.2, -0.15) is 5.10 Å². The van der Waals surface area contributed by atoms with Crippen molar-refractivity contribution in [3.8, 4) is 0 Å². The smallest absolute Gasteiger partial charge is 0.292 e. The van der Waals surface area contributed by atoms with Gasteiger partial charge in [-0.1, -0.05) is 6.92 Å². The topological polar surface area (TPSA) is 73.0 Å². The number of aryl methyl sites for hydroxylation is 3. The molecule has 1 aromatic carbocycles. The molecule has 0 unspecified atom stereocenters. The molecule has 6 nitrogen and oxygen atoms in total. The molecular weight excluding hydrogens is 268 g/mol. The summed E-state index contributed by atoms with van der Waals surface area (Å²) in [6.45, 7) is 7.32. The summed E-state index contributed by atoms with van der Waals surface area (Å²) in [7, 11) is 0. The molecule has 0 saturated heterocycles. The fourth-order valence-corrected chi connectivity index (χ4v) is 2.14. The van der Waals surface area contributed by atoms with Gasteiger partial charge < -0.3 is 5.32 Å². The first kappa shape index (κ1) is 15.0. The average Bonchev–Trinajstić information content (AvgIpc) is 2.87. The van der Waals surface area contributed by atoms with Gasteiger partial charge in [0, 0.05) is 30.9 Å². The summed E-state index contributed by atoms with van der Waals surface area (Å²) in [5.74, 6) is 0. The largest absolute Gasteiger partial charge is 0.375 e. The van der Waals surface area contributed by atoms with Crippen LogP contribution in [0.3, 0.4) is 0 Å². The number of nitro benzene ring substituents is 1. The van der Waals surface area contributed by atoms with Gasteiger partial charge in [0.25, 0.3) is 5.69 Å². The van der Waals surface area contributed by atoms with Crippen LogP contribution in [-0.4, -0.2) is 14.7 Å². The summed E-state index contributed by atoms with van der Waals surface area (Å²) in [6.07, 6.45) is 4.77. The SMILES string of the molecule is CCCn1cc(CNc2cc(C)c(C)cc2[N+](=O)[O-])cn1. The van der Waals surface area contributed by atoms with E-state index in [-0.39, 0.29) is 10.6 Å². The molecule has 0 aliphatic carbocycles. The molecule has 2 aromatic rings. The summed E-state index contributed by atoms with van der Waals surface area (Å²) in [4.78, 5) is 10.8. The normalized spacial score (nSPS) is 10.6. The van der Waals surface area contributed by atoms with Gasteiger partial charge >= 0.3 is 0 Å². The first-order valence-electron chi connectivity index (χ1n) is 7.02. The first-order valence-corrected chi connectivity index (χ1v) is 7.02. The fourth-order valence-electron chi connectivity index (χ4n) is 2.14. The summed E-state index contributed by atoms with van der Waals surface area (Å²) in [5, 5.41) is 18.5. The quantitative estimate of drug-likeness (QED) is 0.653. The summed E-state index contributed by atoms with van der Waals surface area (Å²) in [6, 6.07) is 3.43. The van der Waals surface area contributed by atoms with Crippen LogP contribution in [0.4, 0.5) is 11.4 Å². The molecule has 0 radical (unpaired) electrons. The second-order valence-electron chi connectivity index (χ2n) is 5.18. The third-order valence-corrected chi connectivity index (χ3v) is 3.43. The van der Waals surface area contributed by atoms with E-state index in [0.717, 1.165) is 29.7 Å². The molecule has 0 spiro atoms. The van der Waals surface area contributed by atoms with Crippen molar-refractivity contribution in [3.05, 3.63) is 51.3 Å². The van der Waals surface area contributed by atoms with E-state index in [1.165, 1.54) is 0 Å². The minimum atomic E-state index is -0.352. The third kappa shape index (κ3) is 3.59. The highest BCUT2D eigenvalue weighted by molar-refractivity contribution is 5.64. The summed E-state index contributed by atoms with van der Waals surface area (Å²) < 4.78 is 1.88. The van der Waals surface area contributed by atoms with E-state index in [0.29, 0.717) is 12.2 Å². The van der Waals surface area contributed by atoms with E-state index >= 15 is 0 Å². The van der Waals surface area contributed by atoms with Gasteiger partial charge in [0.1, 0.15) is 5.69 Å². The van der Waals surface area contributed by atoms with E-state index in [9.17, 15) is 10.1 Å². The Morgan fingerprint density at radius 2 is 2.05 bits per heavy atom. The number of hydrogen-bond acceptors (Lipinski definition) is 4. The Bertz CT molecular complexity index is 649. The van der Waals surface area contributed by atoms with Crippen LogP contribution in [0.1, 0.15) is 30.0 Å². The van der Waals surface area contributed by atoms with Crippen LogP contribution >= 0.6 is 0 Å². The van der Waals surface area contributed by atoms with Crippen LogP contribution in [0.25, 0.3) is 0 Å². The molecule has 1 heterocycles. The second kappa shape index (κ2) is 6.39. The highest BCUT2D eigenvalue weighted by Gasteiger charge is 2.15. The number of aromatic nitrogens is 2. The Labute approximate surface area is 123 Å². The number of benzene rings is 1. The van der Waals surface area contributed by atoms with Crippen molar-refractivity contribution in [2.45, 2.75) is 40.3 Å². The zero-order valence-electron chi connectivity index (χ0n) is 12.6. The van der Waals surface area contributed by atoms with E-state index in [1.807, 2.05) is 30.8 Å². The van der Waals surface area contributed by atoms with Crippen molar-refractivity contribution >= 4 is 11.4 Å².